The van der Waals surface area contributed by atoms with E-state index >= 15 is 0 Å². The smallest absolute Gasteiger partial charge is 0.406 e. The van der Waals surface area contributed by atoms with E-state index in [4.69, 9.17) is 23.2 Å². The van der Waals surface area contributed by atoms with Crippen LogP contribution in [0.15, 0.2) is 67.0 Å². The SMILES string of the molecule is CCC1C(=O)N(c2cc(Cl)cc(Cl)c2)C(=O)[C@]1(c1ccncc1)c1ccc(OC(F)(F)F)cc1. The maximum Gasteiger partial charge on any atom is 0.573 e. The topological polar surface area (TPSA) is 59.5 Å². The number of aromatic nitrogens is 1. The van der Waals surface area contributed by atoms with Gasteiger partial charge in [0.25, 0.3) is 0 Å². The molecular formula is C24H17Cl2F3N2O3. The Morgan fingerprint density at radius 2 is 1.53 bits per heavy atom. The second-order valence-electron chi connectivity index (χ2n) is 7.68. The number of halogens is 5. The van der Waals surface area contributed by atoms with E-state index in [1.54, 1.807) is 19.1 Å². The number of rotatable bonds is 5. The standard InChI is InChI=1S/C24H17Cl2F3N2O3/c1-2-20-21(32)31(18-12-16(25)11-17(26)13-18)22(33)23(20,15-7-9-30-10-8-15)14-3-5-19(6-4-14)34-24(27,28)29/h3-13,20H,2H2,1H3/t20?,23-/m0/s1. The Morgan fingerprint density at radius 3 is 2.06 bits per heavy atom. The number of benzene rings is 2. The minimum Gasteiger partial charge on any atom is -0.406 e. The van der Waals surface area contributed by atoms with Gasteiger partial charge in [-0.2, -0.15) is 0 Å². The van der Waals surface area contributed by atoms with E-state index < -0.39 is 35.3 Å². The molecule has 0 spiro atoms. The van der Waals surface area contributed by atoms with E-state index in [0.717, 1.165) is 17.0 Å². The number of imide groups is 1. The summed E-state index contributed by atoms with van der Waals surface area (Å²) in [7, 11) is 0. The fraction of sp³-hybridized carbons (Fsp3) is 0.208. The Bertz CT molecular complexity index is 1220. The highest BCUT2D eigenvalue weighted by molar-refractivity contribution is 6.36. The van der Waals surface area contributed by atoms with Gasteiger partial charge in [0.05, 0.1) is 11.6 Å². The Kier molecular flexibility index (Phi) is 6.31. The van der Waals surface area contributed by atoms with Crippen molar-refractivity contribution in [1.29, 1.82) is 0 Å². The lowest BCUT2D eigenvalue weighted by Gasteiger charge is -2.32. The Balaban J connectivity index is 1.92. The zero-order valence-electron chi connectivity index (χ0n) is 17.6. The van der Waals surface area contributed by atoms with Crippen LogP contribution in [0.25, 0.3) is 0 Å². The van der Waals surface area contributed by atoms with Crippen LogP contribution in [0.3, 0.4) is 0 Å². The summed E-state index contributed by atoms with van der Waals surface area (Å²) in [6.07, 6.45) is -1.61. The van der Waals surface area contributed by atoms with Gasteiger partial charge in [-0.3, -0.25) is 14.6 Å². The van der Waals surface area contributed by atoms with Crippen molar-refractivity contribution in [2.24, 2.45) is 5.92 Å². The van der Waals surface area contributed by atoms with Crippen LogP contribution >= 0.6 is 23.2 Å². The highest BCUT2D eigenvalue weighted by Crippen LogP contribution is 2.49. The first-order valence-electron chi connectivity index (χ1n) is 10.2. The molecule has 2 atom stereocenters. The molecule has 5 nitrogen and oxygen atoms in total. The molecular weight excluding hydrogens is 492 g/mol. The number of nitrogens with zero attached hydrogens (tertiary/aromatic N) is 2. The number of carbonyl (C=O) groups excluding carboxylic acids is 2. The van der Waals surface area contributed by atoms with E-state index in [0.29, 0.717) is 11.1 Å². The summed E-state index contributed by atoms with van der Waals surface area (Å²) >= 11 is 12.2. The zero-order valence-corrected chi connectivity index (χ0v) is 19.2. The summed E-state index contributed by atoms with van der Waals surface area (Å²) in [5.41, 5.74) is -0.485. The molecule has 4 rings (SSSR count). The highest BCUT2D eigenvalue weighted by atomic mass is 35.5. The van der Waals surface area contributed by atoms with E-state index in [9.17, 15) is 22.8 Å². The molecule has 0 N–H and O–H groups in total. The Morgan fingerprint density at radius 1 is 0.971 bits per heavy atom. The number of amides is 2. The van der Waals surface area contributed by atoms with E-state index in [2.05, 4.69) is 9.72 Å². The lowest BCUT2D eigenvalue weighted by molar-refractivity contribution is -0.274. The summed E-state index contributed by atoms with van der Waals surface area (Å²) in [6, 6.07) is 12.6. The van der Waals surface area contributed by atoms with Gasteiger partial charge in [0.2, 0.25) is 11.8 Å². The number of carbonyl (C=O) groups is 2. The number of ether oxygens (including phenoxy) is 1. The average Bonchev–Trinajstić information content (AvgIpc) is 2.99. The second kappa shape index (κ2) is 8.92. The number of pyridine rings is 1. The van der Waals surface area contributed by atoms with E-state index in [1.165, 1.54) is 42.7 Å². The average molecular weight is 509 g/mol. The minimum absolute atomic E-state index is 0.207. The maximum absolute atomic E-state index is 14.1. The minimum atomic E-state index is -4.86. The second-order valence-corrected chi connectivity index (χ2v) is 8.56. The van der Waals surface area contributed by atoms with Crippen LogP contribution in [0.2, 0.25) is 10.0 Å². The summed E-state index contributed by atoms with van der Waals surface area (Å²) < 4.78 is 42.0. The molecule has 1 unspecified atom stereocenters. The van der Waals surface area contributed by atoms with Gasteiger partial charge in [-0.25, -0.2) is 4.90 Å². The quantitative estimate of drug-likeness (QED) is 0.386. The number of hydrogen-bond acceptors (Lipinski definition) is 4. The van der Waals surface area contributed by atoms with Crippen LogP contribution in [0, 0.1) is 5.92 Å². The van der Waals surface area contributed by atoms with Crippen molar-refractivity contribution in [3.8, 4) is 5.75 Å². The lowest BCUT2D eigenvalue weighted by atomic mass is 9.66. The molecule has 0 aliphatic carbocycles. The van der Waals surface area contributed by atoms with Crippen LogP contribution in [0.1, 0.15) is 24.5 Å². The normalized spacial score (nSPS) is 20.6. The molecule has 2 amide bonds. The summed E-state index contributed by atoms with van der Waals surface area (Å²) in [6.45, 7) is 1.77. The monoisotopic (exact) mass is 508 g/mol. The molecule has 0 bridgehead atoms. The van der Waals surface area contributed by atoms with Gasteiger partial charge in [0.1, 0.15) is 11.2 Å². The van der Waals surface area contributed by atoms with Crippen molar-refractivity contribution >= 4 is 40.7 Å². The molecule has 1 aliphatic rings. The summed E-state index contributed by atoms with van der Waals surface area (Å²) in [4.78, 5) is 32.8. The van der Waals surface area contributed by atoms with Gasteiger partial charge in [0.15, 0.2) is 0 Å². The number of hydrogen-bond donors (Lipinski definition) is 0. The van der Waals surface area contributed by atoms with Gasteiger partial charge >= 0.3 is 6.36 Å². The third-order valence-corrected chi connectivity index (χ3v) is 6.21. The predicted molar refractivity (Wildman–Crippen MR) is 121 cm³/mol. The van der Waals surface area contributed by atoms with E-state index in [1.807, 2.05) is 0 Å². The van der Waals surface area contributed by atoms with Crippen molar-refractivity contribution < 1.29 is 27.5 Å². The first-order chi connectivity index (χ1) is 16.1. The molecule has 1 fully saturated rings. The van der Waals surface area contributed by atoms with Gasteiger partial charge < -0.3 is 4.74 Å². The van der Waals surface area contributed by atoms with Crippen LogP contribution in [-0.2, 0) is 15.0 Å². The molecule has 3 aromatic rings. The van der Waals surface area contributed by atoms with Gasteiger partial charge in [-0.05, 0) is 60.0 Å². The Hall–Kier alpha value is -3.10. The predicted octanol–water partition coefficient (Wildman–Crippen LogP) is 6.17. The summed E-state index contributed by atoms with van der Waals surface area (Å²) in [5, 5.41) is 0.484. The molecule has 10 heteroatoms. The van der Waals surface area contributed by atoms with Gasteiger partial charge in [0, 0.05) is 22.4 Å². The molecule has 1 aliphatic heterocycles. The molecule has 0 saturated carbocycles. The van der Waals surface area contributed by atoms with Gasteiger partial charge in [-0.15, -0.1) is 13.2 Å². The fourth-order valence-electron chi connectivity index (χ4n) is 4.51. The van der Waals surface area contributed by atoms with Crippen molar-refractivity contribution in [2.45, 2.75) is 25.1 Å². The molecule has 2 heterocycles. The molecule has 176 valence electrons. The molecule has 1 aromatic heterocycles. The van der Waals surface area contributed by atoms with Crippen molar-refractivity contribution in [3.05, 3.63) is 88.2 Å². The third kappa shape index (κ3) is 4.12. The van der Waals surface area contributed by atoms with Crippen molar-refractivity contribution in [1.82, 2.24) is 4.98 Å². The van der Waals surface area contributed by atoms with Crippen LogP contribution in [0.4, 0.5) is 18.9 Å². The van der Waals surface area contributed by atoms with Crippen molar-refractivity contribution in [3.63, 3.8) is 0 Å². The first kappa shape index (κ1) is 24.0. The molecule has 0 radical (unpaired) electrons. The van der Waals surface area contributed by atoms with Crippen LogP contribution in [0.5, 0.6) is 5.75 Å². The largest absolute Gasteiger partial charge is 0.573 e. The molecule has 2 aromatic carbocycles. The van der Waals surface area contributed by atoms with E-state index in [-0.39, 0.29) is 22.2 Å². The van der Waals surface area contributed by atoms with Gasteiger partial charge in [-0.1, -0.05) is 42.3 Å². The fourth-order valence-corrected chi connectivity index (χ4v) is 5.03. The Labute approximate surface area is 203 Å². The number of anilines is 1. The molecule has 34 heavy (non-hydrogen) atoms. The molecule has 1 saturated heterocycles. The maximum atomic E-state index is 14.1. The number of alkyl halides is 3. The van der Waals surface area contributed by atoms with Crippen molar-refractivity contribution in [2.75, 3.05) is 4.90 Å². The third-order valence-electron chi connectivity index (χ3n) is 5.77. The lowest BCUT2D eigenvalue weighted by Crippen LogP contribution is -2.42. The first-order valence-corrected chi connectivity index (χ1v) is 10.9. The highest BCUT2D eigenvalue weighted by Gasteiger charge is 2.61. The summed E-state index contributed by atoms with van der Waals surface area (Å²) in [5.74, 6) is -2.34. The van der Waals surface area contributed by atoms with Crippen LogP contribution < -0.4 is 9.64 Å². The van der Waals surface area contributed by atoms with Crippen LogP contribution in [-0.4, -0.2) is 23.2 Å². The zero-order chi connectivity index (χ0) is 24.7.